The van der Waals surface area contributed by atoms with Gasteiger partial charge in [-0.3, -0.25) is 10.2 Å². The first-order valence-corrected chi connectivity index (χ1v) is 8.56. The number of hydrogen-bond acceptors (Lipinski definition) is 5. The number of ether oxygens (including phenoxy) is 1. The molecule has 3 amide bonds. The number of urea groups is 1. The molecule has 1 aliphatic heterocycles. The molecule has 0 aliphatic carbocycles. The zero-order valence-corrected chi connectivity index (χ0v) is 15.5. The maximum Gasteiger partial charge on any atom is 0.410 e. The summed E-state index contributed by atoms with van der Waals surface area (Å²) in [6.45, 7) is 9.87. The van der Waals surface area contributed by atoms with Crippen LogP contribution in [-0.4, -0.2) is 45.2 Å². The Kier molecular flexibility index (Phi) is 5.81. The quantitative estimate of drug-likeness (QED) is 0.874. The Hall–Kier alpha value is -2.38. The van der Waals surface area contributed by atoms with Crippen molar-refractivity contribution in [1.82, 2.24) is 20.2 Å². The van der Waals surface area contributed by atoms with Gasteiger partial charge in [-0.2, -0.15) is 0 Å². The van der Waals surface area contributed by atoms with Crippen molar-refractivity contribution < 1.29 is 14.3 Å². The minimum atomic E-state index is -0.552. The van der Waals surface area contributed by atoms with E-state index in [2.05, 4.69) is 20.6 Å². The summed E-state index contributed by atoms with van der Waals surface area (Å²) in [7, 11) is 0. The molecule has 0 radical (unpaired) electrons. The number of nitrogens with zero attached hydrogens (tertiary/aromatic N) is 3. The van der Waals surface area contributed by atoms with E-state index in [1.165, 1.54) is 0 Å². The van der Waals surface area contributed by atoms with Crippen LogP contribution in [0.4, 0.5) is 15.4 Å². The summed E-state index contributed by atoms with van der Waals surface area (Å²) in [6.07, 6.45) is 2.84. The lowest BCUT2D eigenvalue weighted by molar-refractivity contribution is 0.0218. The molecule has 1 aliphatic rings. The second kappa shape index (κ2) is 7.67. The molecular formula is C17H27N5O3. The van der Waals surface area contributed by atoms with Crippen LogP contribution in [0, 0.1) is 0 Å². The fourth-order valence-corrected chi connectivity index (χ4v) is 2.59. The predicted molar refractivity (Wildman–Crippen MR) is 94.2 cm³/mol. The Morgan fingerprint density at radius 3 is 2.72 bits per heavy atom. The molecule has 138 valence electrons. The van der Waals surface area contributed by atoms with Gasteiger partial charge in [-0.1, -0.05) is 0 Å². The Morgan fingerprint density at radius 1 is 1.36 bits per heavy atom. The van der Waals surface area contributed by atoms with Gasteiger partial charge in [0.1, 0.15) is 11.4 Å². The number of anilines is 1. The van der Waals surface area contributed by atoms with Crippen molar-refractivity contribution in [2.75, 3.05) is 11.9 Å². The predicted octanol–water partition coefficient (Wildman–Crippen LogP) is 3.08. The number of likely N-dealkylation sites (tertiary alicyclic amines) is 1. The maximum atomic E-state index is 12.4. The van der Waals surface area contributed by atoms with Crippen molar-refractivity contribution in [2.24, 2.45) is 0 Å². The Labute approximate surface area is 148 Å². The zero-order chi connectivity index (χ0) is 18.6. The highest BCUT2D eigenvalue weighted by Crippen LogP contribution is 2.31. The van der Waals surface area contributed by atoms with Crippen molar-refractivity contribution in [3.05, 3.63) is 18.1 Å². The molecule has 0 spiro atoms. The molecule has 25 heavy (non-hydrogen) atoms. The minimum absolute atomic E-state index is 0.0267. The first-order valence-electron chi connectivity index (χ1n) is 8.56. The van der Waals surface area contributed by atoms with Crippen molar-refractivity contribution in [3.63, 3.8) is 0 Å². The van der Waals surface area contributed by atoms with Gasteiger partial charge in [0.15, 0.2) is 5.82 Å². The van der Waals surface area contributed by atoms with Gasteiger partial charge >= 0.3 is 12.1 Å². The van der Waals surface area contributed by atoms with Crippen LogP contribution in [0.15, 0.2) is 12.3 Å². The third-order valence-electron chi connectivity index (χ3n) is 3.51. The first-order chi connectivity index (χ1) is 11.7. The summed E-state index contributed by atoms with van der Waals surface area (Å²) >= 11 is 0. The number of rotatable bonds is 3. The van der Waals surface area contributed by atoms with E-state index in [1.54, 1.807) is 17.2 Å². The molecular weight excluding hydrogens is 322 g/mol. The van der Waals surface area contributed by atoms with Gasteiger partial charge in [-0.05, 0) is 53.5 Å². The Balaban J connectivity index is 2.10. The lowest BCUT2D eigenvalue weighted by Crippen LogP contribution is -2.37. The van der Waals surface area contributed by atoms with Gasteiger partial charge in [-0.25, -0.2) is 19.6 Å². The topological polar surface area (TPSA) is 96.5 Å². The van der Waals surface area contributed by atoms with Crippen molar-refractivity contribution in [2.45, 2.75) is 65.1 Å². The Morgan fingerprint density at radius 2 is 2.08 bits per heavy atom. The van der Waals surface area contributed by atoms with Crippen LogP contribution in [0.2, 0.25) is 0 Å². The standard InChI is InChI=1S/C17H27N5O3/c1-11(2)19-15(23)21-13-8-9-18-14(20-13)12-7-6-10-22(12)16(24)25-17(3,4)5/h8-9,11-12H,6-7,10H2,1-5H3,(H2,18,19,20,21,23). The van der Waals surface area contributed by atoms with Crippen LogP contribution in [-0.2, 0) is 4.74 Å². The molecule has 0 saturated carbocycles. The molecule has 1 unspecified atom stereocenters. The van der Waals surface area contributed by atoms with E-state index in [1.807, 2.05) is 34.6 Å². The fourth-order valence-electron chi connectivity index (χ4n) is 2.59. The van der Waals surface area contributed by atoms with Gasteiger partial charge in [0.2, 0.25) is 0 Å². The number of aromatic nitrogens is 2. The summed E-state index contributed by atoms with van der Waals surface area (Å²) in [5, 5.41) is 5.42. The average molecular weight is 349 g/mol. The highest BCUT2D eigenvalue weighted by atomic mass is 16.6. The summed E-state index contributed by atoms with van der Waals surface area (Å²) in [5.74, 6) is 0.907. The van der Waals surface area contributed by atoms with Crippen LogP contribution in [0.25, 0.3) is 0 Å². The van der Waals surface area contributed by atoms with Gasteiger partial charge in [0, 0.05) is 18.8 Å². The van der Waals surface area contributed by atoms with Gasteiger partial charge in [0.25, 0.3) is 0 Å². The lowest BCUT2D eigenvalue weighted by Gasteiger charge is -2.28. The van der Waals surface area contributed by atoms with Crippen LogP contribution < -0.4 is 10.6 Å². The second-order valence-corrected chi connectivity index (χ2v) is 7.39. The molecule has 1 saturated heterocycles. The molecule has 8 heteroatoms. The summed E-state index contributed by atoms with van der Waals surface area (Å²) in [4.78, 5) is 34.6. The molecule has 1 fully saturated rings. The number of carbonyl (C=O) groups is 2. The van der Waals surface area contributed by atoms with E-state index in [0.717, 1.165) is 12.8 Å². The van der Waals surface area contributed by atoms with E-state index in [-0.39, 0.29) is 24.2 Å². The molecule has 1 aromatic heterocycles. The lowest BCUT2D eigenvalue weighted by atomic mass is 10.2. The number of carbonyl (C=O) groups excluding carboxylic acids is 2. The summed E-state index contributed by atoms with van der Waals surface area (Å²) in [5.41, 5.74) is -0.552. The molecule has 2 N–H and O–H groups in total. The monoisotopic (exact) mass is 349 g/mol. The van der Waals surface area contributed by atoms with E-state index >= 15 is 0 Å². The van der Waals surface area contributed by atoms with E-state index in [0.29, 0.717) is 18.2 Å². The molecule has 1 atom stereocenters. The smallest absolute Gasteiger partial charge is 0.410 e. The van der Waals surface area contributed by atoms with Gasteiger partial charge in [0.05, 0.1) is 6.04 Å². The highest BCUT2D eigenvalue weighted by molar-refractivity contribution is 5.88. The highest BCUT2D eigenvalue weighted by Gasteiger charge is 2.34. The molecule has 0 bridgehead atoms. The molecule has 0 aromatic carbocycles. The second-order valence-electron chi connectivity index (χ2n) is 7.39. The van der Waals surface area contributed by atoms with Crippen LogP contribution in [0.1, 0.15) is 59.3 Å². The van der Waals surface area contributed by atoms with Crippen LogP contribution in [0.5, 0.6) is 0 Å². The van der Waals surface area contributed by atoms with Crippen LogP contribution in [0.3, 0.4) is 0 Å². The van der Waals surface area contributed by atoms with Gasteiger partial charge < -0.3 is 10.1 Å². The summed E-state index contributed by atoms with van der Waals surface area (Å²) < 4.78 is 5.46. The normalized spacial score (nSPS) is 17.5. The molecule has 8 nitrogen and oxygen atoms in total. The van der Waals surface area contributed by atoms with Crippen molar-refractivity contribution in [1.29, 1.82) is 0 Å². The SMILES string of the molecule is CC(C)NC(=O)Nc1ccnc(C2CCCN2C(=O)OC(C)(C)C)n1. The number of amides is 3. The molecule has 2 rings (SSSR count). The van der Waals surface area contributed by atoms with E-state index < -0.39 is 5.60 Å². The number of hydrogen-bond donors (Lipinski definition) is 2. The third-order valence-corrected chi connectivity index (χ3v) is 3.51. The number of nitrogens with one attached hydrogen (secondary N) is 2. The maximum absolute atomic E-state index is 12.4. The zero-order valence-electron chi connectivity index (χ0n) is 15.5. The van der Waals surface area contributed by atoms with E-state index in [4.69, 9.17) is 4.74 Å². The fraction of sp³-hybridized carbons (Fsp3) is 0.647. The van der Waals surface area contributed by atoms with E-state index in [9.17, 15) is 9.59 Å². The third kappa shape index (κ3) is 5.58. The Bertz CT molecular complexity index is 627. The molecule has 1 aromatic rings. The van der Waals surface area contributed by atoms with Gasteiger partial charge in [-0.15, -0.1) is 0 Å². The van der Waals surface area contributed by atoms with Crippen molar-refractivity contribution >= 4 is 17.9 Å². The van der Waals surface area contributed by atoms with Crippen LogP contribution >= 0.6 is 0 Å². The van der Waals surface area contributed by atoms with Crippen molar-refractivity contribution in [3.8, 4) is 0 Å². The molecule has 2 heterocycles. The largest absolute Gasteiger partial charge is 0.444 e. The first kappa shape index (κ1) is 19.0. The summed E-state index contributed by atoms with van der Waals surface area (Å²) in [6, 6.07) is 1.08. The minimum Gasteiger partial charge on any atom is -0.444 e. The average Bonchev–Trinajstić information content (AvgIpc) is 2.94.